The van der Waals surface area contributed by atoms with Gasteiger partial charge in [-0.25, -0.2) is 0 Å². The Morgan fingerprint density at radius 3 is 2.72 bits per heavy atom. The summed E-state index contributed by atoms with van der Waals surface area (Å²) in [7, 11) is 4.08. The molecule has 0 amide bonds. The minimum Gasteiger partial charge on any atom is -0.313 e. The maximum Gasteiger partial charge on any atom is 0.270 e. The second-order valence-corrected chi connectivity index (χ2v) is 5.32. The highest BCUT2D eigenvalue weighted by Crippen LogP contribution is 2.21. The molecule has 100 valence electrons. The van der Waals surface area contributed by atoms with Gasteiger partial charge in [0.1, 0.15) is 0 Å². The Labute approximate surface area is 115 Å². The summed E-state index contributed by atoms with van der Waals surface area (Å²) >= 11 is 3.28. The molecule has 18 heavy (non-hydrogen) atoms. The van der Waals surface area contributed by atoms with E-state index in [2.05, 4.69) is 26.1 Å². The molecule has 0 bridgehead atoms. The molecule has 0 spiro atoms. The number of hydrogen-bond acceptors (Lipinski definition) is 4. The van der Waals surface area contributed by atoms with Crippen molar-refractivity contribution >= 4 is 21.6 Å². The molecular weight excluding hydrogens is 298 g/mol. The molecule has 1 rings (SSSR count). The van der Waals surface area contributed by atoms with Gasteiger partial charge in [0, 0.05) is 23.2 Å². The molecule has 0 atom stereocenters. The van der Waals surface area contributed by atoms with Crippen LogP contribution in [0.2, 0.25) is 0 Å². The lowest BCUT2D eigenvalue weighted by Crippen LogP contribution is -2.21. The zero-order chi connectivity index (χ0) is 13.5. The van der Waals surface area contributed by atoms with Crippen molar-refractivity contribution in [2.75, 3.05) is 27.2 Å². The SMILES string of the molecule is CN(C)CCCNCc1cc(Br)cc([N+](=O)[O-])c1. The van der Waals surface area contributed by atoms with E-state index in [0.29, 0.717) is 6.54 Å². The second-order valence-electron chi connectivity index (χ2n) is 4.41. The average molecular weight is 316 g/mol. The summed E-state index contributed by atoms with van der Waals surface area (Å²) in [5, 5.41) is 14.0. The molecule has 0 aliphatic heterocycles. The Bertz CT molecular complexity index is 410. The van der Waals surface area contributed by atoms with Crippen molar-refractivity contribution in [3.8, 4) is 0 Å². The molecule has 5 nitrogen and oxygen atoms in total. The van der Waals surface area contributed by atoms with Crippen molar-refractivity contribution in [2.45, 2.75) is 13.0 Å². The van der Waals surface area contributed by atoms with Crippen LogP contribution in [0.4, 0.5) is 5.69 Å². The van der Waals surface area contributed by atoms with Crippen LogP contribution < -0.4 is 5.32 Å². The van der Waals surface area contributed by atoms with Crippen molar-refractivity contribution in [3.63, 3.8) is 0 Å². The van der Waals surface area contributed by atoms with Gasteiger partial charge in [-0.1, -0.05) is 15.9 Å². The lowest BCUT2D eigenvalue weighted by molar-refractivity contribution is -0.385. The molecule has 0 radical (unpaired) electrons. The number of nitrogens with zero attached hydrogens (tertiary/aromatic N) is 2. The smallest absolute Gasteiger partial charge is 0.270 e. The van der Waals surface area contributed by atoms with Crippen molar-refractivity contribution < 1.29 is 4.92 Å². The van der Waals surface area contributed by atoms with E-state index < -0.39 is 0 Å². The van der Waals surface area contributed by atoms with E-state index in [1.54, 1.807) is 6.07 Å². The normalized spacial score (nSPS) is 10.9. The number of nitrogens with one attached hydrogen (secondary N) is 1. The van der Waals surface area contributed by atoms with Gasteiger partial charge in [0.05, 0.1) is 4.92 Å². The first-order valence-electron chi connectivity index (χ1n) is 5.78. The van der Waals surface area contributed by atoms with Crippen LogP contribution in [0.1, 0.15) is 12.0 Å². The van der Waals surface area contributed by atoms with Crippen LogP contribution in [0.3, 0.4) is 0 Å². The monoisotopic (exact) mass is 315 g/mol. The summed E-state index contributed by atoms with van der Waals surface area (Å²) in [6.07, 6.45) is 1.06. The third-order valence-electron chi connectivity index (χ3n) is 2.44. The summed E-state index contributed by atoms with van der Waals surface area (Å²) < 4.78 is 0.738. The van der Waals surface area contributed by atoms with Gasteiger partial charge in [-0.2, -0.15) is 0 Å². The van der Waals surface area contributed by atoms with Gasteiger partial charge in [-0.15, -0.1) is 0 Å². The van der Waals surface area contributed by atoms with Crippen molar-refractivity contribution in [1.29, 1.82) is 0 Å². The van der Waals surface area contributed by atoms with Crippen LogP contribution in [0.5, 0.6) is 0 Å². The zero-order valence-electron chi connectivity index (χ0n) is 10.6. The van der Waals surface area contributed by atoms with Crippen LogP contribution in [0, 0.1) is 10.1 Å². The fourth-order valence-corrected chi connectivity index (χ4v) is 2.12. The standard InChI is InChI=1S/C12H18BrN3O2/c1-15(2)5-3-4-14-9-10-6-11(13)8-12(7-10)16(17)18/h6-8,14H,3-5,9H2,1-2H3. The fraction of sp³-hybridized carbons (Fsp3) is 0.500. The Kier molecular flexibility index (Phi) is 6.24. The predicted molar refractivity (Wildman–Crippen MR) is 75.7 cm³/mol. The number of hydrogen-bond donors (Lipinski definition) is 1. The van der Waals surface area contributed by atoms with Gasteiger partial charge in [0.25, 0.3) is 5.69 Å². The molecule has 0 saturated heterocycles. The minimum absolute atomic E-state index is 0.120. The summed E-state index contributed by atoms with van der Waals surface area (Å²) in [6, 6.07) is 5.01. The maximum atomic E-state index is 10.7. The third-order valence-corrected chi connectivity index (χ3v) is 2.90. The number of nitro benzene ring substituents is 1. The maximum absolute atomic E-state index is 10.7. The molecule has 6 heteroatoms. The number of halogens is 1. The number of non-ortho nitro benzene ring substituents is 1. The van der Waals surface area contributed by atoms with E-state index >= 15 is 0 Å². The first kappa shape index (κ1) is 15.1. The Hall–Kier alpha value is -0.980. The highest BCUT2D eigenvalue weighted by molar-refractivity contribution is 9.10. The topological polar surface area (TPSA) is 58.4 Å². The lowest BCUT2D eigenvalue weighted by atomic mass is 10.2. The fourth-order valence-electron chi connectivity index (χ4n) is 1.59. The number of benzene rings is 1. The van der Waals surface area contributed by atoms with Crippen LogP contribution in [0.25, 0.3) is 0 Å². The van der Waals surface area contributed by atoms with Crippen molar-refractivity contribution in [2.24, 2.45) is 0 Å². The van der Waals surface area contributed by atoms with E-state index in [1.165, 1.54) is 6.07 Å². The van der Waals surface area contributed by atoms with Crippen molar-refractivity contribution in [1.82, 2.24) is 10.2 Å². The summed E-state index contributed by atoms with van der Waals surface area (Å²) in [5.74, 6) is 0. The number of rotatable bonds is 7. The molecule has 1 aromatic carbocycles. The summed E-state index contributed by atoms with van der Waals surface area (Å²) in [5.41, 5.74) is 1.04. The van der Waals surface area contributed by atoms with Crippen LogP contribution in [-0.4, -0.2) is 37.0 Å². The molecule has 0 aromatic heterocycles. The van der Waals surface area contributed by atoms with Crippen LogP contribution in [-0.2, 0) is 6.54 Å². The predicted octanol–water partition coefficient (Wildman–Crippen LogP) is 2.40. The molecule has 0 aliphatic rings. The van der Waals surface area contributed by atoms with Gasteiger partial charge < -0.3 is 10.2 Å². The summed E-state index contributed by atoms with van der Waals surface area (Å²) in [4.78, 5) is 12.5. The third kappa shape index (κ3) is 5.57. The Balaban J connectivity index is 2.44. The molecule has 1 N–H and O–H groups in total. The van der Waals surface area contributed by atoms with Crippen LogP contribution >= 0.6 is 15.9 Å². The van der Waals surface area contributed by atoms with Gasteiger partial charge in [0.15, 0.2) is 0 Å². The first-order valence-corrected chi connectivity index (χ1v) is 6.57. The second kappa shape index (κ2) is 7.45. The highest BCUT2D eigenvalue weighted by Gasteiger charge is 2.08. The highest BCUT2D eigenvalue weighted by atomic mass is 79.9. The van der Waals surface area contributed by atoms with E-state index in [-0.39, 0.29) is 10.6 Å². The Morgan fingerprint density at radius 2 is 2.11 bits per heavy atom. The minimum atomic E-state index is -0.375. The quantitative estimate of drug-likeness (QED) is 0.477. The lowest BCUT2D eigenvalue weighted by Gasteiger charge is -2.10. The van der Waals surface area contributed by atoms with Crippen molar-refractivity contribution in [3.05, 3.63) is 38.3 Å². The Morgan fingerprint density at radius 1 is 1.39 bits per heavy atom. The molecular formula is C12H18BrN3O2. The molecule has 0 unspecified atom stereocenters. The molecule has 0 aliphatic carbocycles. The molecule has 0 saturated carbocycles. The average Bonchev–Trinajstić information content (AvgIpc) is 2.27. The van der Waals surface area contributed by atoms with E-state index in [9.17, 15) is 10.1 Å². The van der Waals surface area contributed by atoms with Crippen LogP contribution in [0.15, 0.2) is 22.7 Å². The van der Waals surface area contributed by atoms with Gasteiger partial charge in [-0.05, 0) is 45.2 Å². The zero-order valence-corrected chi connectivity index (χ0v) is 12.2. The molecule has 0 fully saturated rings. The van der Waals surface area contributed by atoms with Gasteiger partial charge in [0.2, 0.25) is 0 Å². The largest absolute Gasteiger partial charge is 0.313 e. The number of nitro groups is 1. The van der Waals surface area contributed by atoms with Gasteiger partial charge >= 0.3 is 0 Å². The van der Waals surface area contributed by atoms with E-state index in [1.807, 2.05) is 20.2 Å². The summed E-state index contributed by atoms with van der Waals surface area (Å²) in [6.45, 7) is 2.58. The van der Waals surface area contributed by atoms with E-state index in [4.69, 9.17) is 0 Å². The molecule has 0 heterocycles. The van der Waals surface area contributed by atoms with E-state index in [0.717, 1.165) is 29.5 Å². The first-order chi connectivity index (χ1) is 8.49. The molecule has 1 aromatic rings. The van der Waals surface area contributed by atoms with Gasteiger partial charge in [-0.3, -0.25) is 10.1 Å².